The minimum atomic E-state index is -0.872. The molecule has 0 aliphatic carbocycles. The number of benzene rings is 1. The maximum absolute atomic E-state index is 12.1. The second kappa shape index (κ2) is 8.17. The number of aryl methyl sites for hydroxylation is 1. The van der Waals surface area contributed by atoms with E-state index in [1.807, 2.05) is 26.0 Å². The number of aromatic nitrogens is 3. The van der Waals surface area contributed by atoms with Gasteiger partial charge in [0.1, 0.15) is 5.54 Å². The Morgan fingerprint density at radius 2 is 2.08 bits per heavy atom. The van der Waals surface area contributed by atoms with E-state index in [9.17, 15) is 10.1 Å². The number of nitrogens with one attached hydrogen (secondary N) is 2. The van der Waals surface area contributed by atoms with Crippen molar-refractivity contribution in [2.45, 2.75) is 44.8 Å². The maximum atomic E-state index is 12.1. The first-order valence-corrected chi connectivity index (χ1v) is 9.23. The van der Waals surface area contributed by atoms with Gasteiger partial charge in [-0.15, -0.1) is 5.10 Å². The molecule has 1 amide bonds. The van der Waals surface area contributed by atoms with Crippen LogP contribution < -0.4 is 5.32 Å². The molecule has 2 rings (SSSR count). The summed E-state index contributed by atoms with van der Waals surface area (Å²) in [5, 5.41) is 19.6. The molecule has 1 atom stereocenters. The van der Waals surface area contributed by atoms with Crippen LogP contribution in [-0.2, 0) is 11.2 Å². The topological polar surface area (TPSA) is 94.5 Å². The van der Waals surface area contributed by atoms with Gasteiger partial charge in [0.15, 0.2) is 5.82 Å². The summed E-state index contributed by atoms with van der Waals surface area (Å²) >= 11 is 1.24. The minimum absolute atomic E-state index is 0.0210. The smallest absolute Gasteiger partial charge is 0.231 e. The zero-order valence-electron chi connectivity index (χ0n) is 15.0. The van der Waals surface area contributed by atoms with Crippen LogP contribution in [0.1, 0.15) is 33.3 Å². The summed E-state index contributed by atoms with van der Waals surface area (Å²) in [5.74, 6) is 0.652. The van der Waals surface area contributed by atoms with E-state index in [0.29, 0.717) is 11.0 Å². The van der Waals surface area contributed by atoms with Gasteiger partial charge in [-0.05, 0) is 24.8 Å². The summed E-state index contributed by atoms with van der Waals surface area (Å²) in [5.41, 5.74) is 1.35. The lowest BCUT2D eigenvalue weighted by atomic mass is 9.90. The van der Waals surface area contributed by atoms with Gasteiger partial charge in [-0.3, -0.25) is 9.89 Å². The van der Waals surface area contributed by atoms with Gasteiger partial charge in [0.05, 0.1) is 11.8 Å². The van der Waals surface area contributed by atoms with E-state index < -0.39 is 5.54 Å². The van der Waals surface area contributed by atoms with Gasteiger partial charge in [-0.25, -0.2) is 4.98 Å². The van der Waals surface area contributed by atoms with E-state index in [2.05, 4.69) is 45.6 Å². The fourth-order valence-electron chi connectivity index (χ4n) is 2.10. The molecular formula is C18H23N5OS. The fraction of sp³-hybridized carbons (Fsp3) is 0.444. The van der Waals surface area contributed by atoms with Crippen LogP contribution in [0, 0.1) is 17.2 Å². The number of nitriles is 1. The summed E-state index contributed by atoms with van der Waals surface area (Å²) in [4.78, 5) is 16.5. The van der Waals surface area contributed by atoms with Gasteiger partial charge in [0.2, 0.25) is 11.1 Å². The van der Waals surface area contributed by atoms with Crippen molar-refractivity contribution in [1.82, 2.24) is 20.5 Å². The Morgan fingerprint density at radius 1 is 1.40 bits per heavy atom. The maximum Gasteiger partial charge on any atom is 0.231 e. The normalized spacial score (nSPS) is 13.3. The second-order valence-corrected chi connectivity index (χ2v) is 7.27. The van der Waals surface area contributed by atoms with Gasteiger partial charge >= 0.3 is 0 Å². The minimum Gasteiger partial charge on any atom is -0.337 e. The Balaban J connectivity index is 1.95. The lowest BCUT2D eigenvalue weighted by Crippen LogP contribution is -2.49. The van der Waals surface area contributed by atoms with Crippen LogP contribution in [0.25, 0.3) is 11.4 Å². The van der Waals surface area contributed by atoms with Crippen LogP contribution in [0.2, 0.25) is 0 Å². The van der Waals surface area contributed by atoms with Crippen LogP contribution in [0.15, 0.2) is 29.4 Å². The van der Waals surface area contributed by atoms with E-state index in [1.165, 1.54) is 17.3 Å². The van der Waals surface area contributed by atoms with Crippen molar-refractivity contribution in [3.8, 4) is 17.5 Å². The highest BCUT2D eigenvalue weighted by molar-refractivity contribution is 7.99. The zero-order chi connectivity index (χ0) is 18.4. The summed E-state index contributed by atoms with van der Waals surface area (Å²) in [6, 6.07) is 10.3. The van der Waals surface area contributed by atoms with Crippen molar-refractivity contribution >= 4 is 17.7 Å². The van der Waals surface area contributed by atoms with E-state index in [0.717, 1.165) is 12.0 Å². The SMILES string of the molecule is CCc1ccc(-c2nc(SCC(=O)NC(C)(C#N)C(C)C)n[nH]2)cc1. The van der Waals surface area contributed by atoms with Gasteiger partial charge in [-0.1, -0.05) is 56.8 Å². The highest BCUT2D eigenvalue weighted by Gasteiger charge is 2.29. The van der Waals surface area contributed by atoms with Crippen molar-refractivity contribution < 1.29 is 4.79 Å². The Bertz CT molecular complexity index is 763. The molecule has 1 heterocycles. The third-order valence-corrected chi connectivity index (χ3v) is 5.07. The number of H-pyrrole nitrogens is 1. The second-order valence-electron chi connectivity index (χ2n) is 6.32. The van der Waals surface area contributed by atoms with Gasteiger partial charge < -0.3 is 5.32 Å². The predicted octanol–water partition coefficient (Wildman–Crippen LogP) is 3.18. The number of hydrogen-bond acceptors (Lipinski definition) is 5. The molecule has 6 nitrogen and oxygen atoms in total. The summed E-state index contributed by atoms with van der Waals surface area (Å²) in [6.07, 6.45) is 0.991. The predicted molar refractivity (Wildman–Crippen MR) is 98.9 cm³/mol. The molecule has 2 N–H and O–H groups in total. The molecule has 0 aliphatic heterocycles. The van der Waals surface area contributed by atoms with Crippen LogP contribution in [0.3, 0.4) is 0 Å². The highest BCUT2D eigenvalue weighted by atomic mass is 32.2. The molecule has 0 aliphatic rings. The van der Waals surface area contributed by atoms with Gasteiger partial charge in [0, 0.05) is 5.56 Å². The first-order valence-electron chi connectivity index (χ1n) is 8.24. The van der Waals surface area contributed by atoms with E-state index in [-0.39, 0.29) is 17.6 Å². The van der Waals surface area contributed by atoms with Crippen molar-refractivity contribution in [3.05, 3.63) is 29.8 Å². The molecule has 1 unspecified atom stereocenters. The summed E-state index contributed by atoms with van der Waals surface area (Å²) < 4.78 is 0. The molecule has 0 spiro atoms. The van der Waals surface area contributed by atoms with Crippen LogP contribution in [0.5, 0.6) is 0 Å². The Hall–Kier alpha value is -2.33. The zero-order valence-corrected chi connectivity index (χ0v) is 15.8. The molecule has 132 valence electrons. The number of thioether (sulfide) groups is 1. The number of amides is 1. The molecule has 0 fully saturated rings. The van der Waals surface area contributed by atoms with E-state index in [1.54, 1.807) is 6.92 Å². The number of hydrogen-bond donors (Lipinski definition) is 2. The first-order chi connectivity index (χ1) is 11.9. The lowest BCUT2D eigenvalue weighted by molar-refractivity contribution is -0.120. The average molecular weight is 357 g/mol. The van der Waals surface area contributed by atoms with Crippen molar-refractivity contribution in [3.63, 3.8) is 0 Å². The fourth-order valence-corrected chi connectivity index (χ4v) is 2.69. The van der Waals surface area contributed by atoms with Gasteiger partial charge in [-0.2, -0.15) is 5.26 Å². The van der Waals surface area contributed by atoms with Gasteiger partial charge in [0.25, 0.3) is 0 Å². The van der Waals surface area contributed by atoms with E-state index in [4.69, 9.17) is 0 Å². The average Bonchev–Trinajstić information content (AvgIpc) is 3.08. The standard InChI is InChI=1S/C18H23N5OS/c1-5-13-6-8-14(9-7-13)16-20-17(23-22-16)25-10-15(24)21-18(4,11-19)12(2)3/h6-9,12H,5,10H2,1-4H3,(H,21,24)(H,20,22,23). The van der Waals surface area contributed by atoms with Crippen molar-refractivity contribution in [2.75, 3.05) is 5.75 Å². The summed E-state index contributed by atoms with van der Waals surface area (Å²) in [7, 11) is 0. The first kappa shape index (κ1) is 19.0. The molecule has 7 heteroatoms. The molecule has 0 radical (unpaired) electrons. The van der Waals surface area contributed by atoms with Crippen molar-refractivity contribution in [2.24, 2.45) is 5.92 Å². The van der Waals surface area contributed by atoms with E-state index >= 15 is 0 Å². The molecular weight excluding hydrogens is 334 g/mol. The molecule has 1 aromatic heterocycles. The quantitative estimate of drug-likeness (QED) is 0.742. The number of aromatic amines is 1. The van der Waals surface area contributed by atoms with Crippen LogP contribution in [-0.4, -0.2) is 32.4 Å². The molecule has 0 saturated heterocycles. The highest BCUT2D eigenvalue weighted by Crippen LogP contribution is 2.20. The third kappa shape index (κ3) is 4.83. The molecule has 1 aromatic carbocycles. The number of carbonyl (C=O) groups excluding carboxylic acids is 1. The number of rotatable bonds is 7. The molecule has 25 heavy (non-hydrogen) atoms. The molecule has 2 aromatic rings. The Morgan fingerprint density at radius 3 is 2.64 bits per heavy atom. The number of carbonyl (C=O) groups is 1. The largest absolute Gasteiger partial charge is 0.337 e. The summed E-state index contributed by atoms with van der Waals surface area (Å²) in [6.45, 7) is 7.65. The lowest BCUT2D eigenvalue weighted by Gasteiger charge is -2.27. The monoisotopic (exact) mass is 357 g/mol. The molecule has 0 saturated carbocycles. The van der Waals surface area contributed by atoms with Crippen LogP contribution >= 0.6 is 11.8 Å². The Kier molecular flexibility index (Phi) is 6.21. The van der Waals surface area contributed by atoms with Crippen molar-refractivity contribution in [1.29, 1.82) is 5.26 Å². The third-order valence-electron chi connectivity index (χ3n) is 4.22. The number of nitrogens with zero attached hydrogens (tertiary/aromatic N) is 3. The molecule has 0 bridgehead atoms. The Labute approximate surface area is 152 Å². The van der Waals surface area contributed by atoms with Crippen LogP contribution in [0.4, 0.5) is 0 Å².